The highest BCUT2D eigenvalue weighted by atomic mass is 16.5. The third kappa shape index (κ3) is 9.30. The van der Waals surface area contributed by atoms with Crippen molar-refractivity contribution < 1.29 is 23.9 Å². The molecule has 0 unspecified atom stereocenters. The number of benzene rings is 3. The Hall–Kier alpha value is -4.66. The molecule has 0 radical (unpaired) electrons. The van der Waals surface area contributed by atoms with Crippen LogP contribution in [-0.2, 0) is 32.0 Å². The molecule has 3 aromatic carbocycles. The fourth-order valence-corrected chi connectivity index (χ4v) is 4.09. The molecule has 204 valence electrons. The SMILES string of the molecule is COc1cccc(-c2ccc(C[C@H](NC(=O)[C@@H](CCc3ccccc3)NC(=O)CCC(N)=O)C(N)=O)cc2)c1. The van der Waals surface area contributed by atoms with Crippen molar-refractivity contribution in [1.82, 2.24) is 10.6 Å². The maximum atomic E-state index is 13.2. The Balaban J connectivity index is 1.69. The quantitative estimate of drug-likeness (QED) is 0.252. The minimum absolute atomic E-state index is 0.130. The number of nitrogens with one attached hydrogen (secondary N) is 2. The van der Waals surface area contributed by atoms with Gasteiger partial charge in [0.25, 0.3) is 0 Å². The number of hydrogen-bond acceptors (Lipinski definition) is 5. The lowest BCUT2D eigenvalue weighted by Crippen LogP contribution is -2.53. The first-order valence-electron chi connectivity index (χ1n) is 12.7. The molecule has 0 aliphatic rings. The maximum absolute atomic E-state index is 13.2. The summed E-state index contributed by atoms with van der Waals surface area (Å²) in [6.07, 6.45) is 0.721. The lowest BCUT2D eigenvalue weighted by Gasteiger charge is -2.22. The van der Waals surface area contributed by atoms with Gasteiger partial charge in [0.2, 0.25) is 23.6 Å². The summed E-state index contributed by atoms with van der Waals surface area (Å²) < 4.78 is 5.29. The Kier molecular flexibility index (Phi) is 10.6. The number of aryl methyl sites for hydroxylation is 1. The standard InChI is InChI=1S/C30H34N4O5/c1-39-24-9-5-8-23(19-24)22-13-10-21(11-14-22)18-26(29(32)37)34-30(38)25(33-28(36)17-16-27(31)35)15-12-20-6-3-2-4-7-20/h2-11,13-14,19,25-26H,12,15-18H2,1H3,(H2,31,35)(H2,32,37)(H,33,36)(H,34,38)/t25-,26+/m1/s1. The molecule has 39 heavy (non-hydrogen) atoms. The van der Waals surface area contributed by atoms with Crippen molar-refractivity contribution in [1.29, 1.82) is 0 Å². The van der Waals surface area contributed by atoms with Gasteiger partial charge in [-0.05, 0) is 47.2 Å². The van der Waals surface area contributed by atoms with Crippen molar-refractivity contribution in [2.75, 3.05) is 7.11 Å². The van der Waals surface area contributed by atoms with E-state index >= 15 is 0 Å². The van der Waals surface area contributed by atoms with Crippen LogP contribution in [0.2, 0.25) is 0 Å². The van der Waals surface area contributed by atoms with Gasteiger partial charge in [0.1, 0.15) is 17.8 Å². The zero-order valence-electron chi connectivity index (χ0n) is 21.9. The largest absolute Gasteiger partial charge is 0.497 e. The van der Waals surface area contributed by atoms with E-state index in [1.165, 1.54) is 0 Å². The number of methoxy groups -OCH3 is 1. The third-order valence-electron chi connectivity index (χ3n) is 6.27. The number of nitrogens with two attached hydrogens (primary N) is 2. The van der Waals surface area contributed by atoms with Crippen molar-refractivity contribution in [2.24, 2.45) is 11.5 Å². The zero-order valence-corrected chi connectivity index (χ0v) is 21.9. The summed E-state index contributed by atoms with van der Waals surface area (Å²) in [6, 6.07) is 22.8. The van der Waals surface area contributed by atoms with Gasteiger partial charge in [0.05, 0.1) is 7.11 Å². The van der Waals surface area contributed by atoms with Crippen molar-refractivity contribution in [2.45, 2.75) is 44.2 Å². The highest BCUT2D eigenvalue weighted by molar-refractivity contribution is 5.92. The summed E-state index contributed by atoms with van der Waals surface area (Å²) in [5.41, 5.74) is 14.5. The van der Waals surface area contributed by atoms with Gasteiger partial charge >= 0.3 is 0 Å². The first-order chi connectivity index (χ1) is 18.7. The number of carbonyl (C=O) groups excluding carboxylic acids is 4. The predicted molar refractivity (Wildman–Crippen MR) is 148 cm³/mol. The highest BCUT2D eigenvalue weighted by Crippen LogP contribution is 2.24. The van der Waals surface area contributed by atoms with E-state index in [1.807, 2.05) is 78.9 Å². The highest BCUT2D eigenvalue weighted by Gasteiger charge is 2.26. The van der Waals surface area contributed by atoms with E-state index < -0.39 is 35.7 Å². The zero-order chi connectivity index (χ0) is 28.2. The molecule has 0 fully saturated rings. The van der Waals surface area contributed by atoms with Crippen LogP contribution in [0.1, 0.15) is 30.4 Å². The minimum Gasteiger partial charge on any atom is -0.497 e. The van der Waals surface area contributed by atoms with Crippen LogP contribution in [0, 0.1) is 0 Å². The van der Waals surface area contributed by atoms with E-state index in [2.05, 4.69) is 10.6 Å². The molecule has 0 bridgehead atoms. The van der Waals surface area contributed by atoms with Crippen molar-refractivity contribution in [3.63, 3.8) is 0 Å². The van der Waals surface area contributed by atoms with Gasteiger partial charge in [-0.1, -0.05) is 66.7 Å². The summed E-state index contributed by atoms with van der Waals surface area (Å²) in [5.74, 6) is -1.57. The molecule has 9 heteroatoms. The predicted octanol–water partition coefficient (Wildman–Crippen LogP) is 2.26. The summed E-state index contributed by atoms with van der Waals surface area (Å²) >= 11 is 0. The number of rotatable bonds is 14. The Labute approximate surface area is 227 Å². The Bertz CT molecular complexity index is 1280. The molecule has 3 aromatic rings. The van der Waals surface area contributed by atoms with E-state index in [-0.39, 0.29) is 19.3 Å². The summed E-state index contributed by atoms with van der Waals surface area (Å²) in [6.45, 7) is 0. The average Bonchev–Trinajstić information content (AvgIpc) is 2.94. The Morgan fingerprint density at radius 3 is 2.13 bits per heavy atom. The number of ether oxygens (including phenoxy) is 1. The molecule has 0 saturated carbocycles. The average molecular weight is 531 g/mol. The second-order valence-electron chi connectivity index (χ2n) is 9.21. The van der Waals surface area contributed by atoms with Crippen LogP contribution in [0.3, 0.4) is 0 Å². The second-order valence-corrected chi connectivity index (χ2v) is 9.21. The summed E-state index contributed by atoms with van der Waals surface area (Å²) in [4.78, 5) is 48.9. The van der Waals surface area contributed by atoms with Gasteiger partial charge < -0.3 is 26.8 Å². The maximum Gasteiger partial charge on any atom is 0.243 e. The third-order valence-corrected chi connectivity index (χ3v) is 6.27. The van der Waals surface area contributed by atoms with Gasteiger partial charge in [-0.25, -0.2) is 0 Å². The molecule has 6 N–H and O–H groups in total. The van der Waals surface area contributed by atoms with E-state index in [9.17, 15) is 19.2 Å². The smallest absolute Gasteiger partial charge is 0.243 e. The second kappa shape index (κ2) is 14.3. The van der Waals surface area contributed by atoms with Crippen LogP contribution in [0.25, 0.3) is 11.1 Å². The molecule has 9 nitrogen and oxygen atoms in total. The molecular formula is C30H34N4O5. The fraction of sp³-hybridized carbons (Fsp3) is 0.267. The number of hydrogen-bond donors (Lipinski definition) is 4. The first kappa shape index (κ1) is 28.9. The molecule has 0 heterocycles. The van der Waals surface area contributed by atoms with Gasteiger partial charge in [-0.15, -0.1) is 0 Å². The van der Waals surface area contributed by atoms with E-state index in [1.54, 1.807) is 7.11 Å². The Morgan fingerprint density at radius 1 is 0.769 bits per heavy atom. The molecule has 3 rings (SSSR count). The van der Waals surface area contributed by atoms with Crippen LogP contribution in [0.4, 0.5) is 0 Å². The topological polar surface area (TPSA) is 154 Å². The summed E-state index contributed by atoms with van der Waals surface area (Å²) in [5, 5.41) is 5.36. The van der Waals surface area contributed by atoms with E-state index in [4.69, 9.17) is 16.2 Å². The van der Waals surface area contributed by atoms with E-state index in [0.717, 1.165) is 28.0 Å². The van der Waals surface area contributed by atoms with Gasteiger partial charge in [0.15, 0.2) is 0 Å². The Morgan fingerprint density at radius 2 is 1.49 bits per heavy atom. The lowest BCUT2D eigenvalue weighted by molar-refractivity contribution is -0.132. The molecule has 4 amide bonds. The van der Waals surface area contributed by atoms with Gasteiger partial charge in [0, 0.05) is 19.3 Å². The molecule has 0 aromatic heterocycles. The molecule has 0 aliphatic carbocycles. The van der Waals surface area contributed by atoms with Crippen LogP contribution in [0.15, 0.2) is 78.9 Å². The molecule has 0 aliphatic heterocycles. The minimum atomic E-state index is -0.984. The normalized spacial score (nSPS) is 12.1. The van der Waals surface area contributed by atoms with E-state index in [0.29, 0.717) is 12.8 Å². The fourth-order valence-electron chi connectivity index (χ4n) is 4.09. The van der Waals surface area contributed by atoms with Crippen LogP contribution in [0.5, 0.6) is 5.75 Å². The van der Waals surface area contributed by atoms with Crippen LogP contribution >= 0.6 is 0 Å². The monoisotopic (exact) mass is 530 g/mol. The van der Waals surface area contributed by atoms with Crippen molar-refractivity contribution in [3.05, 3.63) is 90.0 Å². The molecular weight excluding hydrogens is 496 g/mol. The molecule has 0 saturated heterocycles. The lowest BCUT2D eigenvalue weighted by atomic mass is 9.99. The van der Waals surface area contributed by atoms with Gasteiger partial charge in [-0.2, -0.15) is 0 Å². The number of carbonyl (C=O) groups is 4. The van der Waals surface area contributed by atoms with Crippen LogP contribution < -0.4 is 26.8 Å². The van der Waals surface area contributed by atoms with Gasteiger partial charge in [-0.3, -0.25) is 19.2 Å². The first-order valence-corrected chi connectivity index (χ1v) is 12.7. The number of primary amides is 2. The molecule has 0 spiro atoms. The van der Waals surface area contributed by atoms with Crippen LogP contribution in [-0.4, -0.2) is 42.8 Å². The molecule has 2 atom stereocenters. The van der Waals surface area contributed by atoms with Crippen molar-refractivity contribution >= 4 is 23.6 Å². The summed E-state index contributed by atoms with van der Waals surface area (Å²) in [7, 11) is 1.61. The van der Waals surface area contributed by atoms with Crippen molar-refractivity contribution in [3.8, 4) is 16.9 Å². The number of amides is 4.